The first-order chi connectivity index (χ1) is 9.93. The minimum atomic E-state index is 0.543. The van der Waals surface area contributed by atoms with Crippen molar-refractivity contribution in [2.45, 2.75) is 31.2 Å². The van der Waals surface area contributed by atoms with Crippen LogP contribution in [0.2, 0.25) is 0 Å². The molecule has 0 aliphatic carbocycles. The van der Waals surface area contributed by atoms with E-state index in [4.69, 9.17) is 0 Å². The van der Waals surface area contributed by atoms with E-state index < -0.39 is 0 Å². The van der Waals surface area contributed by atoms with Gasteiger partial charge in [-0.05, 0) is 36.1 Å². The summed E-state index contributed by atoms with van der Waals surface area (Å²) in [5, 5.41) is 0. The van der Waals surface area contributed by atoms with E-state index in [0.29, 0.717) is 12.0 Å². The Hall–Kier alpha value is -1.60. The lowest BCUT2D eigenvalue weighted by atomic mass is 9.79. The van der Waals surface area contributed by atoms with Crippen LogP contribution in [0.5, 0.6) is 0 Å². The molecular formula is C19H21N. The number of hydrogen-bond acceptors (Lipinski definition) is 1. The molecule has 2 aromatic rings. The van der Waals surface area contributed by atoms with Crippen LogP contribution in [-0.2, 0) is 0 Å². The molecule has 0 spiro atoms. The van der Waals surface area contributed by atoms with Gasteiger partial charge in [0.15, 0.2) is 0 Å². The second-order valence-electron chi connectivity index (χ2n) is 6.10. The molecule has 0 radical (unpaired) electrons. The van der Waals surface area contributed by atoms with E-state index >= 15 is 0 Å². The molecule has 0 unspecified atom stereocenters. The van der Waals surface area contributed by atoms with Gasteiger partial charge in [-0.2, -0.15) is 0 Å². The van der Waals surface area contributed by atoms with Gasteiger partial charge < -0.3 is 0 Å². The van der Waals surface area contributed by atoms with Gasteiger partial charge in [-0.15, -0.1) is 0 Å². The molecule has 2 aliphatic rings. The summed E-state index contributed by atoms with van der Waals surface area (Å²) in [4.78, 5) is 2.71. The van der Waals surface area contributed by atoms with Crippen LogP contribution in [0.4, 0.5) is 0 Å². The third kappa shape index (κ3) is 1.97. The zero-order valence-electron chi connectivity index (χ0n) is 11.8. The molecule has 20 heavy (non-hydrogen) atoms. The van der Waals surface area contributed by atoms with Crippen molar-refractivity contribution in [3.63, 3.8) is 0 Å². The monoisotopic (exact) mass is 263 g/mol. The molecule has 4 rings (SSSR count). The molecule has 1 saturated heterocycles. The zero-order valence-corrected chi connectivity index (χ0v) is 11.8. The van der Waals surface area contributed by atoms with E-state index in [1.165, 1.54) is 37.9 Å². The Bertz CT molecular complexity index is 590. The molecular weight excluding hydrogens is 242 g/mol. The zero-order chi connectivity index (χ0) is 13.4. The molecule has 0 aromatic heterocycles. The van der Waals surface area contributed by atoms with Crippen molar-refractivity contribution in [2.75, 3.05) is 13.1 Å². The number of hydrogen-bond donors (Lipinski definition) is 0. The smallest absolute Gasteiger partial charge is 0.0351 e. The van der Waals surface area contributed by atoms with Crippen LogP contribution in [0, 0.1) is 0 Å². The van der Waals surface area contributed by atoms with Gasteiger partial charge in [0, 0.05) is 18.5 Å². The largest absolute Gasteiger partial charge is 0.295 e. The number of nitrogens with zero attached hydrogens (tertiary/aromatic N) is 1. The standard InChI is InChI=1S/C19H21N/c1-2-8-15(9-3-1)18-14-20-13-7-6-12-19(20)17-11-5-4-10-16(17)18/h1-5,8-11,18-19H,6-7,12-14H2/t18-,19-/m0/s1. The number of fused-ring (bicyclic) bond motifs is 3. The minimum Gasteiger partial charge on any atom is -0.295 e. The van der Waals surface area contributed by atoms with E-state index in [1.807, 2.05) is 0 Å². The number of rotatable bonds is 1. The van der Waals surface area contributed by atoms with Gasteiger partial charge in [0.1, 0.15) is 0 Å². The van der Waals surface area contributed by atoms with Gasteiger partial charge in [-0.3, -0.25) is 4.90 Å². The summed E-state index contributed by atoms with van der Waals surface area (Å²) < 4.78 is 0. The maximum Gasteiger partial charge on any atom is 0.0351 e. The van der Waals surface area contributed by atoms with Gasteiger partial charge in [0.25, 0.3) is 0 Å². The molecule has 2 aliphatic heterocycles. The highest BCUT2D eigenvalue weighted by Crippen LogP contribution is 2.43. The molecule has 2 aromatic carbocycles. The molecule has 102 valence electrons. The van der Waals surface area contributed by atoms with Crippen LogP contribution in [0.25, 0.3) is 0 Å². The van der Waals surface area contributed by atoms with Crippen LogP contribution in [0.3, 0.4) is 0 Å². The van der Waals surface area contributed by atoms with Crippen molar-refractivity contribution in [3.05, 3.63) is 71.3 Å². The molecule has 0 N–H and O–H groups in total. The Morgan fingerprint density at radius 1 is 0.800 bits per heavy atom. The molecule has 2 atom stereocenters. The second-order valence-corrected chi connectivity index (χ2v) is 6.10. The Kier molecular flexibility index (Phi) is 3.08. The minimum absolute atomic E-state index is 0.543. The van der Waals surface area contributed by atoms with Crippen LogP contribution >= 0.6 is 0 Å². The first kappa shape index (κ1) is 12.2. The number of piperidine rings is 1. The maximum absolute atomic E-state index is 2.71. The predicted octanol–water partition coefficient (Wildman–Crippen LogP) is 4.36. The third-order valence-corrected chi connectivity index (χ3v) is 4.96. The Morgan fingerprint density at radius 3 is 2.40 bits per heavy atom. The van der Waals surface area contributed by atoms with Gasteiger partial charge in [-0.25, -0.2) is 0 Å². The van der Waals surface area contributed by atoms with Crippen LogP contribution < -0.4 is 0 Å². The van der Waals surface area contributed by atoms with E-state index in [2.05, 4.69) is 59.5 Å². The summed E-state index contributed by atoms with van der Waals surface area (Å²) in [5.74, 6) is 0.543. The summed E-state index contributed by atoms with van der Waals surface area (Å²) in [5.41, 5.74) is 4.60. The van der Waals surface area contributed by atoms with Gasteiger partial charge in [0.2, 0.25) is 0 Å². The van der Waals surface area contributed by atoms with Gasteiger partial charge >= 0.3 is 0 Å². The molecule has 0 bridgehead atoms. The first-order valence-electron chi connectivity index (χ1n) is 7.81. The average molecular weight is 263 g/mol. The van der Waals surface area contributed by atoms with Crippen molar-refractivity contribution in [1.82, 2.24) is 4.90 Å². The average Bonchev–Trinajstić information content (AvgIpc) is 2.55. The lowest BCUT2D eigenvalue weighted by molar-refractivity contribution is 0.130. The highest BCUT2D eigenvalue weighted by molar-refractivity contribution is 5.42. The molecule has 1 nitrogen and oxygen atoms in total. The van der Waals surface area contributed by atoms with Crippen LogP contribution in [-0.4, -0.2) is 18.0 Å². The molecule has 1 heteroatoms. The van der Waals surface area contributed by atoms with Crippen LogP contribution in [0.15, 0.2) is 54.6 Å². The topological polar surface area (TPSA) is 3.24 Å². The van der Waals surface area contributed by atoms with E-state index in [1.54, 1.807) is 11.1 Å². The normalized spacial score (nSPS) is 25.8. The van der Waals surface area contributed by atoms with Gasteiger partial charge in [0.05, 0.1) is 0 Å². The summed E-state index contributed by atoms with van der Waals surface area (Å²) in [6.07, 6.45) is 4.07. The fourth-order valence-electron chi connectivity index (χ4n) is 4.00. The van der Waals surface area contributed by atoms with Crippen molar-refractivity contribution >= 4 is 0 Å². The molecule has 2 heterocycles. The SMILES string of the molecule is c1ccc([C@@H]2CN3CCCC[C@H]3c3ccccc32)cc1. The third-order valence-electron chi connectivity index (χ3n) is 4.96. The van der Waals surface area contributed by atoms with Crippen molar-refractivity contribution < 1.29 is 0 Å². The Labute approximate surface area is 121 Å². The van der Waals surface area contributed by atoms with Gasteiger partial charge in [-0.1, -0.05) is 61.0 Å². The predicted molar refractivity (Wildman–Crippen MR) is 82.9 cm³/mol. The molecule has 0 amide bonds. The highest BCUT2D eigenvalue weighted by Gasteiger charge is 2.34. The second kappa shape index (κ2) is 5.06. The number of benzene rings is 2. The Morgan fingerprint density at radius 2 is 1.55 bits per heavy atom. The summed E-state index contributed by atoms with van der Waals surface area (Å²) in [6.45, 7) is 2.45. The summed E-state index contributed by atoms with van der Waals surface area (Å²) >= 11 is 0. The van der Waals surface area contributed by atoms with E-state index in [-0.39, 0.29) is 0 Å². The Balaban J connectivity index is 1.81. The van der Waals surface area contributed by atoms with Crippen LogP contribution in [0.1, 0.15) is 47.9 Å². The highest BCUT2D eigenvalue weighted by atomic mass is 15.2. The van der Waals surface area contributed by atoms with Crippen molar-refractivity contribution in [3.8, 4) is 0 Å². The summed E-state index contributed by atoms with van der Waals surface area (Å²) in [7, 11) is 0. The molecule has 1 fully saturated rings. The lowest BCUT2D eigenvalue weighted by Crippen LogP contribution is -2.41. The summed E-state index contributed by atoms with van der Waals surface area (Å²) in [6, 6.07) is 20.8. The molecule has 0 saturated carbocycles. The maximum atomic E-state index is 2.71. The van der Waals surface area contributed by atoms with Crippen molar-refractivity contribution in [2.24, 2.45) is 0 Å². The first-order valence-corrected chi connectivity index (χ1v) is 7.81. The van der Waals surface area contributed by atoms with E-state index in [0.717, 1.165) is 0 Å². The fraction of sp³-hybridized carbons (Fsp3) is 0.368. The fourth-order valence-corrected chi connectivity index (χ4v) is 4.00. The van der Waals surface area contributed by atoms with Crippen molar-refractivity contribution in [1.29, 1.82) is 0 Å². The quantitative estimate of drug-likeness (QED) is 0.739. The van der Waals surface area contributed by atoms with E-state index in [9.17, 15) is 0 Å². The lowest BCUT2D eigenvalue weighted by Gasteiger charge is -2.44.